The summed E-state index contributed by atoms with van der Waals surface area (Å²) >= 11 is 1.35. The van der Waals surface area contributed by atoms with Crippen molar-refractivity contribution in [2.75, 3.05) is 11.9 Å². The third kappa shape index (κ3) is 5.37. The molecule has 2 heterocycles. The Balaban J connectivity index is 1.93. The number of hydrogen-bond acceptors (Lipinski definition) is 6. The highest BCUT2D eigenvalue weighted by Gasteiger charge is 2.13. The number of aromatic nitrogens is 2. The number of carbonyl (C=O) groups is 2. The highest BCUT2D eigenvalue weighted by molar-refractivity contribution is 7.14. The molecule has 0 aliphatic heterocycles. The third-order valence-electron chi connectivity index (χ3n) is 2.79. The lowest BCUT2D eigenvalue weighted by Gasteiger charge is -2.07. The van der Waals surface area contributed by atoms with Gasteiger partial charge in [0, 0.05) is 23.9 Å². The van der Waals surface area contributed by atoms with Gasteiger partial charge in [0.05, 0.1) is 11.4 Å². The normalized spacial score (nSPS) is 10.7. The summed E-state index contributed by atoms with van der Waals surface area (Å²) in [7, 11) is 0. The van der Waals surface area contributed by atoms with Gasteiger partial charge in [0.25, 0.3) is 0 Å². The van der Waals surface area contributed by atoms with E-state index in [2.05, 4.69) is 20.8 Å². The molecule has 2 amide bonds. The Bertz CT molecular complexity index is 680. The van der Waals surface area contributed by atoms with Crippen molar-refractivity contribution in [3.05, 3.63) is 17.3 Å². The molecule has 2 aromatic rings. The summed E-state index contributed by atoms with van der Waals surface area (Å²) < 4.78 is 5.01. The predicted octanol–water partition coefficient (Wildman–Crippen LogP) is 2.59. The summed E-state index contributed by atoms with van der Waals surface area (Å²) in [5, 5.41) is 20.4. The topological polar surface area (TPSA) is 117 Å². The molecule has 0 saturated carbocycles. The molecular weight excluding hydrogens is 320 g/mol. The molecule has 0 aliphatic carbocycles. The van der Waals surface area contributed by atoms with E-state index in [1.165, 1.54) is 11.3 Å². The number of aliphatic carboxylic acids is 1. The predicted molar refractivity (Wildman–Crippen MR) is 85.4 cm³/mol. The van der Waals surface area contributed by atoms with Crippen molar-refractivity contribution < 1.29 is 19.2 Å². The Morgan fingerprint density at radius 1 is 1.43 bits per heavy atom. The molecule has 0 atom stereocenters. The first kappa shape index (κ1) is 16.9. The van der Waals surface area contributed by atoms with Gasteiger partial charge in [0.15, 0.2) is 0 Å². The van der Waals surface area contributed by atoms with Gasteiger partial charge in [0.2, 0.25) is 11.7 Å². The SMILES string of the molecule is CC(C)CNC(=O)Nc1cc(-c2noc(CCC(=O)O)n2)cs1. The monoisotopic (exact) mass is 338 g/mol. The fraction of sp³-hybridized carbons (Fsp3) is 0.429. The average Bonchev–Trinajstić information content (AvgIpc) is 3.11. The molecule has 2 aromatic heterocycles. The van der Waals surface area contributed by atoms with Crippen LogP contribution in [0.25, 0.3) is 11.4 Å². The minimum absolute atomic E-state index is 0.0614. The number of amides is 2. The summed E-state index contributed by atoms with van der Waals surface area (Å²) in [6, 6.07) is 1.48. The maximum Gasteiger partial charge on any atom is 0.319 e. The number of aryl methyl sites for hydroxylation is 1. The number of nitrogens with zero attached hydrogens (tertiary/aromatic N) is 2. The van der Waals surface area contributed by atoms with Crippen LogP contribution in [-0.4, -0.2) is 33.8 Å². The van der Waals surface area contributed by atoms with E-state index < -0.39 is 5.97 Å². The summed E-state index contributed by atoms with van der Waals surface area (Å²) in [5.74, 6) is 0.109. The van der Waals surface area contributed by atoms with Gasteiger partial charge in [-0.25, -0.2) is 4.79 Å². The lowest BCUT2D eigenvalue weighted by atomic mass is 10.2. The lowest BCUT2D eigenvalue weighted by molar-refractivity contribution is -0.137. The zero-order valence-corrected chi connectivity index (χ0v) is 13.6. The number of carboxylic acid groups (broad SMARTS) is 1. The van der Waals surface area contributed by atoms with Gasteiger partial charge in [-0.15, -0.1) is 11.3 Å². The van der Waals surface area contributed by atoms with E-state index in [9.17, 15) is 9.59 Å². The molecule has 8 nitrogen and oxygen atoms in total. The largest absolute Gasteiger partial charge is 0.481 e. The van der Waals surface area contributed by atoms with Gasteiger partial charge in [-0.3, -0.25) is 10.1 Å². The van der Waals surface area contributed by atoms with Gasteiger partial charge >= 0.3 is 12.0 Å². The van der Waals surface area contributed by atoms with E-state index in [0.717, 1.165) is 0 Å². The molecule has 124 valence electrons. The second-order valence-corrected chi connectivity index (χ2v) is 6.25. The van der Waals surface area contributed by atoms with Crippen LogP contribution in [0.5, 0.6) is 0 Å². The van der Waals surface area contributed by atoms with Crippen LogP contribution in [0.1, 0.15) is 26.2 Å². The Morgan fingerprint density at radius 2 is 2.22 bits per heavy atom. The van der Waals surface area contributed by atoms with Crippen LogP contribution in [0.2, 0.25) is 0 Å². The van der Waals surface area contributed by atoms with Crippen LogP contribution in [0, 0.1) is 5.92 Å². The zero-order chi connectivity index (χ0) is 16.8. The molecule has 9 heteroatoms. The van der Waals surface area contributed by atoms with Crippen molar-refractivity contribution in [3.8, 4) is 11.4 Å². The van der Waals surface area contributed by atoms with E-state index >= 15 is 0 Å². The molecule has 0 unspecified atom stereocenters. The first-order chi connectivity index (χ1) is 10.9. The number of rotatable bonds is 7. The molecule has 0 aromatic carbocycles. The highest BCUT2D eigenvalue weighted by Crippen LogP contribution is 2.27. The second kappa shape index (κ2) is 7.73. The first-order valence-electron chi connectivity index (χ1n) is 7.12. The molecular formula is C14H18N4O4S. The second-order valence-electron chi connectivity index (χ2n) is 5.33. The van der Waals surface area contributed by atoms with E-state index in [1.807, 2.05) is 13.8 Å². The summed E-state index contributed by atoms with van der Waals surface area (Å²) in [4.78, 5) is 26.4. The minimum atomic E-state index is -0.917. The van der Waals surface area contributed by atoms with Gasteiger partial charge in [-0.1, -0.05) is 19.0 Å². The fourth-order valence-electron chi connectivity index (χ4n) is 1.66. The van der Waals surface area contributed by atoms with Gasteiger partial charge in [-0.05, 0) is 12.0 Å². The minimum Gasteiger partial charge on any atom is -0.481 e. The Hall–Kier alpha value is -2.42. The fourth-order valence-corrected chi connectivity index (χ4v) is 2.43. The summed E-state index contributed by atoms with van der Waals surface area (Å²) in [5.41, 5.74) is 0.708. The number of urea groups is 1. The van der Waals surface area contributed by atoms with Crippen LogP contribution in [0.4, 0.5) is 9.80 Å². The summed E-state index contributed by atoms with van der Waals surface area (Å²) in [6.45, 7) is 4.63. The molecule has 0 fully saturated rings. The molecule has 0 bridgehead atoms. The number of hydrogen-bond donors (Lipinski definition) is 3. The Labute approximate surface area is 136 Å². The maximum absolute atomic E-state index is 11.7. The van der Waals surface area contributed by atoms with E-state index in [4.69, 9.17) is 9.63 Å². The average molecular weight is 338 g/mol. The van der Waals surface area contributed by atoms with Crippen LogP contribution in [-0.2, 0) is 11.2 Å². The van der Waals surface area contributed by atoms with Crippen molar-refractivity contribution in [3.63, 3.8) is 0 Å². The Kier molecular flexibility index (Phi) is 5.69. The third-order valence-corrected chi connectivity index (χ3v) is 3.63. The van der Waals surface area contributed by atoms with Crippen LogP contribution in [0.3, 0.4) is 0 Å². The van der Waals surface area contributed by atoms with E-state index in [-0.39, 0.29) is 24.8 Å². The number of carboxylic acids is 1. The van der Waals surface area contributed by atoms with Crippen molar-refractivity contribution in [2.24, 2.45) is 5.92 Å². The molecule has 0 radical (unpaired) electrons. The number of nitrogens with one attached hydrogen (secondary N) is 2. The van der Waals surface area contributed by atoms with Gasteiger partial charge in [-0.2, -0.15) is 4.98 Å². The van der Waals surface area contributed by atoms with Gasteiger partial charge in [0.1, 0.15) is 0 Å². The van der Waals surface area contributed by atoms with Crippen molar-refractivity contribution >= 4 is 28.3 Å². The lowest BCUT2D eigenvalue weighted by Crippen LogP contribution is -2.31. The molecule has 0 saturated heterocycles. The molecule has 23 heavy (non-hydrogen) atoms. The van der Waals surface area contributed by atoms with Crippen molar-refractivity contribution in [1.82, 2.24) is 15.5 Å². The van der Waals surface area contributed by atoms with Crippen molar-refractivity contribution in [1.29, 1.82) is 0 Å². The van der Waals surface area contributed by atoms with Crippen LogP contribution < -0.4 is 10.6 Å². The van der Waals surface area contributed by atoms with E-state index in [0.29, 0.717) is 28.9 Å². The molecule has 2 rings (SSSR count). The number of anilines is 1. The smallest absolute Gasteiger partial charge is 0.319 e. The van der Waals surface area contributed by atoms with E-state index in [1.54, 1.807) is 11.4 Å². The van der Waals surface area contributed by atoms with Crippen molar-refractivity contribution in [2.45, 2.75) is 26.7 Å². The Morgan fingerprint density at radius 3 is 2.91 bits per heavy atom. The highest BCUT2D eigenvalue weighted by atomic mass is 32.1. The molecule has 0 aliphatic rings. The number of thiophene rings is 1. The summed E-state index contributed by atoms with van der Waals surface area (Å²) in [6.07, 6.45) is 0.128. The number of carbonyl (C=O) groups excluding carboxylic acids is 1. The maximum atomic E-state index is 11.7. The van der Waals surface area contributed by atoms with Gasteiger partial charge < -0.3 is 14.9 Å². The van der Waals surface area contributed by atoms with Crippen LogP contribution >= 0.6 is 11.3 Å². The first-order valence-corrected chi connectivity index (χ1v) is 8.00. The van der Waals surface area contributed by atoms with Crippen LogP contribution in [0.15, 0.2) is 16.0 Å². The molecule has 3 N–H and O–H groups in total. The zero-order valence-electron chi connectivity index (χ0n) is 12.8. The molecule has 0 spiro atoms. The standard InChI is InChI=1S/C14H18N4O4S/c1-8(2)6-15-14(21)17-11-5-9(7-23-11)13-16-10(22-18-13)3-4-12(19)20/h5,7-8H,3-4,6H2,1-2H3,(H,19,20)(H2,15,17,21). The quantitative estimate of drug-likeness (QED) is 0.714.